The van der Waals surface area contributed by atoms with E-state index >= 15 is 0 Å². The predicted molar refractivity (Wildman–Crippen MR) is 68.5 cm³/mol. The van der Waals surface area contributed by atoms with Crippen LogP contribution in [0.1, 0.15) is 5.56 Å². The van der Waals surface area contributed by atoms with Gasteiger partial charge in [-0.15, -0.1) is 0 Å². The number of hydrogen-bond acceptors (Lipinski definition) is 4. The molecule has 0 radical (unpaired) electrons. The Kier molecular flexibility index (Phi) is 5.40. The minimum Gasteiger partial charge on any atom is -0.380 e. The van der Waals surface area contributed by atoms with Crippen molar-refractivity contribution in [3.8, 4) is 0 Å². The van der Waals surface area contributed by atoms with Crippen LogP contribution < -0.4 is 10.0 Å². The average molecular weight is 258 g/mol. The molecule has 17 heavy (non-hydrogen) atoms. The molecule has 0 aliphatic rings. The van der Waals surface area contributed by atoms with Crippen molar-refractivity contribution in [2.24, 2.45) is 0 Å². The number of sulfonamides is 1. The van der Waals surface area contributed by atoms with Gasteiger partial charge in [0.15, 0.2) is 0 Å². The fraction of sp³-hybridized carbons (Fsp3) is 0.455. The second-order valence-electron chi connectivity index (χ2n) is 3.61. The summed E-state index contributed by atoms with van der Waals surface area (Å²) in [5, 5.41) is 2.81. The molecule has 0 spiro atoms. The molecule has 0 aromatic heterocycles. The molecule has 0 atom stereocenters. The second kappa shape index (κ2) is 6.58. The Morgan fingerprint density at radius 2 is 2.00 bits per heavy atom. The van der Waals surface area contributed by atoms with E-state index in [1.807, 2.05) is 12.1 Å². The van der Waals surface area contributed by atoms with Crippen molar-refractivity contribution in [1.82, 2.24) is 5.32 Å². The first kappa shape index (κ1) is 14.0. The van der Waals surface area contributed by atoms with E-state index < -0.39 is 10.0 Å². The molecule has 1 aromatic rings. The molecule has 5 nitrogen and oxygen atoms in total. The van der Waals surface area contributed by atoms with Gasteiger partial charge < -0.3 is 10.1 Å². The highest BCUT2D eigenvalue weighted by molar-refractivity contribution is 7.92. The third-order valence-electron chi connectivity index (χ3n) is 2.20. The number of hydrogen-bond donors (Lipinski definition) is 2. The minimum atomic E-state index is -3.31. The SMILES string of the molecule is CNCCS(=O)(=O)Nc1ccccc1COC. The molecular weight excluding hydrogens is 240 g/mol. The van der Waals surface area contributed by atoms with Crippen LogP contribution in [0.3, 0.4) is 0 Å². The van der Waals surface area contributed by atoms with Gasteiger partial charge in [-0.25, -0.2) is 8.42 Å². The molecule has 2 N–H and O–H groups in total. The highest BCUT2D eigenvalue weighted by Gasteiger charge is 2.11. The van der Waals surface area contributed by atoms with Crippen LogP contribution >= 0.6 is 0 Å². The number of para-hydroxylation sites is 1. The van der Waals surface area contributed by atoms with Crippen LogP contribution in [0.15, 0.2) is 24.3 Å². The lowest BCUT2D eigenvalue weighted by Gasteiger charge is -2.11. The molecule has 0 unspecified atom stereocenters. The van der Waals surface area contributed by atoms with Crippen molar-refractivity contribution in [2.75, 3.05) is 31.2 Å². The van der Waals surface area contributed by atoms with Crippen molar-refractivity contribution in [1.29, 1.82) is 0 Å². The van der Waals surface area contributed by atoms with E-state index in [9.17, 15) is 8.42 Å². The van der Waals surface area contributed by atoms with Gasteiger partial charge in [0.2, 0.25) is 10.0 Å². The molecule has 1 rings (SSSR count). The molecule has 0 saturated carbocycles. The Labute approximate surface area is 102 Å². The summed E-state index contributed by atoms with van der Waals surface area (Å²) in [7, 11) is -0.0133. The maximum atomic E-state index is 11.7. The standard InChI is InChI=1S/C11H18N2O3S/c1-12-7-8-17(14,15)13-11-6-4-3-5-10(11)9-16-2/h3-6,12-13H,7-9H2,1-2H3. The largest absolute Gasteiger partial charge is 0.380 e. The van der Waals surface area contributed by atoms with Crippen LogP contribution in [-0.2, 0) is 21.4 Å². The number of methoxy groups -OCH3 is 1. The first-order valence-corrected chi connectivity index (χ1v) is 6.96. The molecule has 1 aromatic carbocycles. The summed E-state index contributed by atoms with van der Waals surface area (Å²) >= 11 is 0. The number of nitrogens with one attached hydrogen (secondary N) is 2. The maximum absolute atomic E-state index is 11.7. The summed E-state index contributed by atoms with van der Waals surface area (Å²) in [6.07, 6.45) is 0. The van der Waals surface area contributed by atoms with Gasteiger partial charge in [-0.3, -0.25) is 4.72 Å². The summed E-state index contributed by atoms with van der Waals surface area (Å²) in [4.78, 5) is 0. The summed E-state index contributed by atoms with van der Waals surface area (Å²) in [6.45, 7) is 0.798. The van der Waals surface area contributed by atoms with Crippen molar-refractivity contribution < 1.29 is 13.2 Å². The normalized spacial score (nSPS) is 11.4. The molecule has 6 heteroatoms. The van der Waals surface area contributed by atoms with Crippen LogP contribution in [0, 0.1) is 0 Å². The molecule has 96 valence electrons. The minimum absolute atomic E-state index is 0.0464. The Morgan fingerprint density at radius 3 is 2.65 bits per heavy atom. The highest BCUT2D eigenvalue weighted by atomic mass is 32.2. The van der Waals surface area contributed by atoms with Gasteiger partial charge in [-0.2, -0.15) is 0 Å². The van der Waals surface area contributed by atoms with Gasteiger partial charge in [0.25, 0.3) is 0 Å². The van der Waals surface area contributed by atoms with E-state index in [-0.39, 0.29) is 5.75 Å². The Hall–Kier alpha value is -1.11. The van der Waals surface area contributed by atoms with E-state index in [1.165, 1.54) is 0 Å². The van der Waals surface area contributed by atoms with E-state index in [1.54, 1.807) is 26.3 Å². The summed E-state index contributed by atoms with van der Waals surface area (Å²) in [5.74, 6) is 0.0464. The fourth-order valence-electron chi connectivity index (χ4n) is 1.36. The zero-order valence-electron chi connectivity index (χ0n) is 10.1. The number of rotatable bonds is 7. The molecule has 0 heterocycles. The van der Waals surface area contributed by atoms with E-state index in [4.69, 9.17) is 4.74 Å². The number of ether oxygens (including phenoxy) is 1. The predicted octanol–water partition coefficient (Wildman–Crippen LogP) is 0.794. The molecule has 0 fully saturated rings. The van der Waals surface area contributed by atoms with Crippen molar-refractivity contribution in [3.63, 3.8) is 0 Å². The average Bonchev–Trinajstić information content (AvgIpc) is 2.29. The summed E-state index contributed by atoms with van der Waals surface area (Å²) in [5.41, 5.74) is 1.40. The van der Waals surface area contributed by atoms with E-state index in [2.05, 4.69) is 10.0 Å². The van der Waals surface area contributed by atoms with Crippen molar-refractivity contribution in [2.45, 2.75) is 6.61 Å². The third kappa shape index (κ3) is 4.72. The first-order valence-electron chi connectivity index (χ1n) is 5.31. The Balaban J connectivity index is 2.80. The van der Waals surface area contributed by atoms with Crippen LogP contribution in [0.25, 0.3) is 0 Å². The zero-order chi connectivity index (χ0) is 12.7. The third-order valence-corrected chi connectivity index (χ3v) is 3.48. The summed E-state index contributed by atoms with van der Waals surface area (Å²) < 4.78 is 31.0. The van der Waals surface area contributed by atoms with E-state index in [0.29, 0.717) is 18.8 Å². The molecule has 0 aliphatic carbocycles. The van der Waals surface area contributed by atoms with Crippen LogP contribution in [0.5, 0.6) is 0 Å². The van der Waals surface area contributed by atoms with Crippen LogP contribution in [0.4, 0.5) is 5.69 Å². The van der Waals surface area contributed by atoms with Gasteiger partial charge in [-0.1, -0.05) is 18.2 Å². The molecule has 0 aliphatic heterocycles. The molecule has 0 saturated heterocycles. The quantitative estimate of drug-likeness (QED) is 0.759. The monoisotopic (exact) mass is 258 g/mol. The Bertz CT molecular complexity index is 446. The lowest BCUT2D eigenvalue weighted by molar-refractivity contribution is 0.185. The fourth-order valence-corrected chi connectivity index (χ4v) is 2.47. The maximum Gasteiger partial charge on any atom is 0.233 e. The topological polar surface area (TPSA) is 67.4 Å². The first-order chi connectivity index (χ1) is 8.09. The highest BCUT2D eigenvalue weighted by Crippen LogP contribution is 2.17. The van der Waals surface area contributed by atoms with Gasteiger partial charge in [0.1, 0.15) is 0 Å². The Morgan fingerprint density at radius 1 is 1.29 bits per heavy atom. The van der Waals surface area contributed by atoms with Gasteiger partial charge in [0.05, 0.1) is 18.0 Å². The lowest BCUT2D eigenvalue weighted by atomic mass is 10.2. The van der Waals surface area contributed by atoms with Gasteiger partial charge >= 0.3 is 0 Å². The number of anilines is 1. The van der Waals surface area contributed by atoms with Crippen LogP contribution in [0.2, 0.25) is 0 Å². The van der Waals surface area contributed by atoms with Gasteiger partial charge in [-0.05, 0) is 13.1 Å². The van der Waals surface area contributed by atoms with Gasteiger partial charge in [0, 0.05) is 19.2 Å². The van der Waals surface area contributed by atoms with E-state index in [0.717, 1.165) is 5.56 Å². The number of benzene rings is 1. The molecular formula is C11H18N2O3S. The van der Waals surface area contributed by atoms with Crippen molar-refractivity contribution in [3.05, 3.63) is 29.8 Å². The smallest absolute Gasteiger partial charge is 0.233 e. The zero-order valence-corrected chi connectivity index (χ0v) is 10.9. The second-order valence-corrected chi connectivity index (χ2v) is 5.46. The lowest BCUT2D eigenvalue weighted by Crippen LogP contribution is -2.25. The van der Waals surface area contributed by atoms with Crippen molar-refractivity contribution >= 4 is 15.7 Å². The molecule has 0 bridgehead atoms. The molecule has 0 amide bonds. The van der Waals surface area contributed by atoms with Crippen LogP contribution in [-0.4, -0.2) is 34.9 Å². The summed E-state index contributed by atoms with van der Waals surface area (Å²) in [6, 6.07) is 7.19.